The minimum absolute atomic E-state index is 0.512. The topological polar surface area (TPSA) is 0 Å². The zero-order valence-electron chi connectivity index (χ0n) is 20.5. The summed E-state index contributed by atoms with van der Waals surface area (Å²) in [6.45, 7) is 2.31. The van der Waals surface area contributed by atoms with Gasteiger partial charge in [0.1, 0.15) is 0 Å². The van der Waals surface area contributed by atoms with Crippen LogP contribution in [0.4, 0.5) is 8.78 Å². The first-order chi connectivity index (χ1) is 16.1. The monoisotopic (exact) mass is 468 g/mol. The first kappa shape index (κ1) is 24.6. The van der Waals surface area contributed by atoms with Gasteiger partial charge in [0.25, 0.3) is 0 Å². The van der Waals surface area contributed by atoms with Gasteiger partial charge < -0.3 is 0 Å². The van der Waals surface area contributed by atoms with Gasteiger partial charge in [-0.1, -0.05) is 114 Å². The third-order valence-electron chi connectivity index (χ3n) is 8.71. The molecule has 1 saturated carbocycles. The van der Waals surface area contributed by atoms with Crippen molar-refractivity contribution in [2.75, 3.05) is 0 Å². The SMILES string of the molecule is CCCCCC1CCC([Si@H]2CC[C@H](CCc3ccc(-c4ccc(F)c(F)c4)cc3)CC2)CC1. The van der Waals surface area contributed by atoms with Gasteiger partial charge in [0.2, 0.25) is 0 Å². The van der Waals surface area contributed by atoms with Crippen molar-refractivity contribution in [2.24, 2.45) is 11.8 Å². The molecule has 4 rings (SSSR count). The molecule has 3 heteroatoms. The van der Waals surface area contributed by atoms with Crippen LogP contribution in [0, 0.1) is 23.5 Å². The van der Waals surface area contributed by atoms with Crippen LogP contribution < -0.4 is 0 Å². The second-order valence-corrected chi connectivity index (χ2v) is 14.5. The summed E-state index contributed by atoms with van der Waals surface area (Å²) < 4.78 is 26.7. The Morgan fingerprint density at radius 2 is 1.39 bits per heavy atom. The van der Waals surface area contributed by atoms with Crippen molar-refractivity contribution in [1.29, 1.82) is 0 Å². The molecule has 1 heterocycles. The van der Waals surface area contributed by atoms with E-state index in [0.29, 0.717) is 0 Å². The summed E-state index contributed by atoms with van der Waals surface area (Å²) in [5.41, 5.74) is 4.20. The number of halogens is 2. The van der Waals surface area contributed by atoms with E-state index in [0.717, 1.165) is 34.9 Å². The van der Waals surface area contributed by atoms with E-state index in [1.165, 1.54) is 75.5 Å². The maximum atomic E-state index is 13.5. The molecule has 1 saturated heterocycles. The number of unbranched alkanes of at least 4 members (excludes halogenated alkanes) is 2. The van der Waals surface area contributed by atoms with Gasteiger partial charge in [-0.2, -0.15) is 0 Å². The quantitative estimate of drug-likeness (QED) is 0.254. The van der Waals surface area contributed by atoms with Crippen LogP contribution in [0.1, 0.15) is 83.1 Å². The van der Waals surface area contributed by atoms with E-state index in [1.807, 2.05) is 12.1 Å². The summed E-state index contributed by atoms with van der Waals surface area (Å²) in [6.07, 6.45) is 17.3. The average molecular weight is 469 g/mol. The normalized spacial score (nSPS) is 25.8. The predicted molar refractivity (Wildman–Crippen MR) is 139 cm³/mol. The van der Waals surface area contributed by atoms with Gasteiger partial charge in [-0.25, -0.2) is 8.78 Å². The van der Waals surface area contributed by atoms with E-state index in [1.54, 1.807) is 31.0 Å². The lowest BCUT2D eigenvalue weighted by molar-refractivity contribution is 0.323. The van der Waals surface area contributed by atoms with Crippen LogP contribution >= 0.6 is 0 Å². The summed E-state index contributed by atoms with van der Waals surface area (Å²) in [5.74, 6) is 0.385. The fraction of sp³-hybridized carbons (Fsp3) is 0.600. The maximum Gasteiger partial charge on any atom is 0.159 e. The summed E-state index contributed by atoms with van der Waals surface area (Å²) in [4.78, 5) is 0. The molecule has 0 aromatic heterocycles. The van der Waals surface area contributed by atoms with Crippen molar-refractivity contribution < 1.29 is 8.78 Å². The van der Waals surface area contributed by atoms with Crippen LogP contribution in [0.2, 0.25) is 17.6 Å². The van der Waals surface area contributed by atoms with Gasteiger partial charge in [0.05, 0.1) is 0 Å². The number of aryl methyl sites for hydroxylation is 1. The zero-order chi connectivity index (χ0) is 23.0. The highest BCUT2D eigenvalue weighted by atomic mass is 28.3. The fourth-order valence-corrected chi connectivity index (χ4v) is 10.8. The Morgan fingerprint density at radius 1 is 0.727 bits per heavy atom. The molecule has 2 aromatic carbocycles. The van der Waals surface area contributed by atoms with E-state index < -0.39 is 20.4 Å². The Balaban J connectivity index is 1.17. The molecule has 0 N–H and O–H groups in total. The molecule has 180 valence electrons. The summed E-state index contributed by atoms with van der Waals surface area (Å²) >= 11 is 0. The molecule has 0 spiro atoms. The van der Waals surface area contributed by atoms with Crippen molar-refractivity contribution >= 4 is 8.80 Å². The van der Waals surface area contributed by atoms with E-state index in [-0.39, 0.29) is 0 Å². The molecular formula is C30H42F2Si. The smallest absolute Gasteiger partial charge is 0.159 e. The van der Waals surface area contributed by atoms with Gasteiger partial charge in [-0.05, 0) is 59.0 Å². The minimum atomic E-state index is -0.789. The fourth-order valence-electron chi connectivity index (χ4n) is 6.49. The summed E-state index contributed by atoms with van der Waals surface area (Å²) in [7, 11) is -0.512. The highest BCUT2D eigenvalue weighted by molar-refractivity contribution is 6.60. The van der Waals surface area contributed by atoms with Gasteiger partial charge >= 0.3 is 0 Å². The van der Waals surface area contributed by atoms with Gasteiger partial charge in [-0.3, -0.25) is 0 Å². The van der Waals surface area contributed by atoms with Crippen LogP contribution in [0.3, 0.4) is 0 Å². The minimum Gasteiger partial charge on any atom is -0.204 e. The molecule has 0 atom stereocenters. The first-order valence-corrected chi connectivity index (χ1v) is 16.0. The molecule has 2 fully saturated rings. The van der Waals surface area contributed by atoms with Crippen molar-refractivity contribution in [3.05, 3.63) is 59.7 Å². The standard InChI is InChI=1S/C30H42F2Si/c1-2-3-4-5-23-10-15-28(16-11-23)33-20-18-25(19-21-33)7-6-24-8-12-26(13-9-24)27-14-17-29(31)30(32)22-27/h8-9,12-14,17,22-23,25,28,33H,2-7,10-11,15-16,18-21H2,1H3/t23?,25-,28?,33-. The molecule has 1 aliphatic carbocycles. The van der Waals surface area contributed by atoms with Crippen molar-refractivity contribution in [3.63, 3.8) is 0 Å². The molecule has 33 heavy (non-hydrogen) atoms. The van der Waals surface area contributed by atoms with Crippen LogP contribution in [0.25, 0.3) is 11.1 Å². The lowest BCUT2D eigenvalue weighted by atomic mass is 9.85. The molecule has 0 bridgehead atoms. The van der Waals surface area contributed by atoms with Crippen LogP contribution in [-0.2, 0) is 6.42 Å². The number of rotatable bonds is 9. The highest BCUT2D eigenvalue weighted by Gasteiger charge is 2.31. The Hall–Kier alpha value is -1.48. The maximum absolute atomic E-state index is 13.5. The molecule has 0 nitrogen and oxygen atoms in total. The first-order valence-electron chi connectivity index (χ1n) is 13.7. The van der Waals surface area contributed by atoms with Gasteiger partial charge in [0, 0.05) is 8.80 Å². The van der Waals surface area contributed by atoms with E-state index in [4.69, 9.17) is 0 Å². The molecule has 2 aromatic rings. The average Bonchev–Trinajstić information content (AvgIpc) is 2.86. The van der Waals surface area contributed by atoms with Crippen LogP contribution in [0.5, 0.6) is 0 Å². The second kappa shape index (κ2) is 12.3. The van der Waals surface area contributed by atoms with E-state index >= 15 is 0 Å². The van der Waals surface area contributed by atoms with E-state index in [9.17, 15) is 8.78 Å². The van der Waals surface area contributed by atoms with E-state index in [2.05, 4.69) is 19.1 Å². The summed E-state index contributed by atoms with van der Waals surface area (Å²) in [6, 6.07) is 15.7. The third-order valence-corrected chi connectivity index (χ3v) is 12.9. The molecular weight excluding hydrogens is 426 g/mol. The van der Waals surface area contributed by atoms with Crippen LogP contribution in [-0.4, -0.2) is 8.80 Å². The molecule has 0 amide bonds. The van der Waals surface area contributed by atoms with Crippen molar-refractivity contribution in [3.8, 4) is 11.1 Å². The van der Waals surface area contributed by atoms with Gasteiger partial charge in [-0.15, -0.1) is 0 Å². The van der Waals surface area contributed by atoms with Crippen molar-refractivity contribution in [1.82, 2.24) is 0 Å². The number of hydrogen-bond donors (Lipinski definition) is 0. The second-order valence-electron chi connectivity index (χ2n) is 10.9. The Labute approximate surface area is 201 Å². The molecule has 2 aliphatic rings. The Kier molecular flexibility index (Phi) is 9.17. The highest BCUT2D eigenvalue weighted by Crippen LogP contribution is 2.42. The number of hydrogen-bond acceptors (Lipinski definition) is 0. The Bertz CT molecular complexity index is 846. The lowest BCUT2D eigenvalue weighted by Crippen LogP contribution is -2.29. The largest absolute Gasteiger partial charge is 0.204 e. The number of benzene rings is 2. The molecule has 0 radical (unpaired) electrons. The zero-order valence-corrected chi connectivity index (χ0v) is 21.7. The lowest BCUT2D eigenvalue weighted by Gasteiger charge is -2.37. The molecule has 0 unspecified atom stereocenters. The third kappa shape index (κ3) is 7.01. The van der Waals surface area contributed by atoms with Crippen LogP contribution in [0.15, 0.2) is 42.5 Å². The predicted octanol–water partition coefficient (Wildman–Crippen LogP) is 9.34. The Morgan fingerprint density at radius 3 is 2.06 bits per heavy atom. The molecule has 1 aliphatic heterocycles. The summed E-state index contributed by atoms with van der Waals surface area (Å²) in [5, 5.41) is 0. The van der Waals surface area contributed by atoms with Gasteiger partial charge in [0.15, 0.2) is 11.6 Å². The van der Waals surface area contributed by atoms with Crippen molar-refractivity contribution in [2.45, 2.75) is 102 Å².